The molecular formula is C15H20F3N3O4. The van der Waals surface area contributed by atoms with Crippen molar-refractivity contribution in [2.24, 2.45) is 0 Å². The Bertz CT molecular complexity index is 608. The van der Waals surface area contributed by atoms with Gasteiger partial charge in [-0.3, -0.25) is 4.79 Å². The van der Waals surface area contributed by atoms with Gasteiger partial charge in [0.2, 0.25) is 5.91 Å². The van der Waals surface area contributed by atoms with E-state index in [1.54, 1.807) is 23.5 Å². The van der Waals surface area contributed by atoms with Gasteiger partial charge in [0.25, 0.3) is 0 Å². The fourth-order valence-corrected chi connectivity index (χ4v) is 1.83. The number of nitrogens with one attached hydrogen (secondary N) is 3. The molecule has 1 aromatic rings. The molecule has 0 fully saturated rings. The van der Waals surface area contributed by atoms with Crippen molar-refractivity contribution >= 4 is 11.9 Å². The van der Waals surface area contributed by atoms with E-state index in [-0.39, 0.29) is 6.54 Å². The smallest absolute Gasteiger partial charge is 0.405 e. The van der Waals surface area contributed by atoms with Crippen molar-refractivity contribution in [3.63, 3.8) is 0 Å². The first kappa shape index (κ1) is 20.4. The summed E-state index contributed by atoms with van der Waals surface area (Å²) < 4.78 is 46.3. The Labute approximate surface area is 142 Å². The minimum Gasteiger partial charge on any atom is -0.493 e. The molecule has 7 nitrogen and oxygen atoms in total. The van der Waals surface area contributed by atoms with Crippen LogP contribution in [-0.2, 0) is 11.3 Å². The Balaban J connectivity index is 2.48. The summed E-state index contributed by atoms with van der Waals surface area (Å²) in [6.07, 6.45) is -4.51. The number of carbonyl (C=O) groups is 2. The van der Waals surface area contributed by atoms with Crippen molar-refractivity contribution in [3.05, 3.63) is 23.8 Å². The Kier molecular flexibility index (Phi) is 7.34. The van der Waals surface area contributed by atoms with Crippen molar-refractivity contribution < 1.29 is 32.2 Å². The molecule has 0 aliphatic carbocycles. The molecule has 0 saturated heterocycles. The second kappa shape index (κ2) is 9.00. The highest BCUT2D eigenvalue weighted by atomic mass is 19.4. The summed E-state index contributed by atoms with van der Waals surface area (Å²) in [4.78, 5) is 23.2. The molecule has 25 heavy (non-hydrogen) atoms. The molecular weight excluding hydrogens is 343 g/mol. The first-order valence-corrected chi connectivity index (χ1v) is 7.26. The van der Waals surface area contributed by atoms with E-state index >= 15 is 0 Å². The molecule has 1 aromatic carbocycles. The number of methoxy groups -OCH3 is 2. The standard InChI is InChI=1S/C15H20F3N3O4/c1-9(13(22)20-8-15(16,17)18)21-14(23)19-7-10-4-5-11(24-2)12(6-10)25-3/h4-6,9H,7-8H2,1-3H3,(H,20,22)(H2,19,21,23). The molecule has 0 spiro atoms. The summed E-state index contributed by atoms with van der Waals surface area (Å²) in [7, 11) is 2.97. The predicted octanol–water partition coefficient (Wildman–Crippen LogP) is 1.57. The maximum atomic E-state index is 12.0. The fraction of sp³-hybridized carbons (Fsp3) is 0.467. The van der Waals surface area contributed by atoms with Gasteiger partial charge in [0.1, 0.15) is 12.6 Å². The lowest BCUT2D eigenvalue weighted by Crippen LogP contribution is -2.49. The van der Waals surface area contributed by atoms with E-state index in [0.29, 0.717) is 17.1 Å². The summed E-state index contributed by atoms with van der Waals surface area (Å²) in [5.41, 5.74) is 0.710. The van der Waals surface area contributed by atoms with Gasteiger partial charge in [0.15, 0.2) is 11.5 Å². The van der Waals surface area contributed by atoms with Crippen molar-refractivity contribution in [3.8, 4) is 11.5 Å². The van der Waals surface area contributed by atoms with Gasteiger partial charge in [-0.05, 0) is 24.6 Å². The fourth-order valence-electron chi connectivity index (χ4n) is 1.83. The second-order valence-corrected chi connectivity index (χ2v) is 5.07. The third-order valence-electron chi connectivity index (χ3n) is 3.10. The molecule has 140 valence electrons. The van der Waals surface area contributed by atoms with Crippen LogP contribution in [0.25, 0.3) is 0 Å². The molecule has 0 aliphatic heterocycles. The maximum Gasteiger partial charge on any atom is 0.405 e. The predicted molar refractivity (Wildman–Crippen MR) is 83.4 cm³/mol. The van der Waals surface area contributed by atoms with Crippen LogP contribution in [0.3, 0.4) is 0 Å². The van der Waals surface area contributed by atoms with Crippen LogP contribution in [0, 0.1) is 0 Å². The minimum atomic E-state index is -4.51. The van der Waals surface area contributed by atoms with Gasteiger partial charge in [-0.2, -0.15) is 13.2 Å². The molecule has 10 heteroatoms. The van der Waals surface area contributed by atoms with E-state index in [1.807, 2.05) is 0 Å². The lowest BCUT2D eigenvalue weighted by atomic mass is 10.2. The molecule has 0 heterocycles. The number of carbonyl (C=O) groups excluding carboxylic acids is 2. The highest BCUT2D eigenvalue weighted by Gasteiger charge is 2.28. The molecule has 1 rings (SSSR count). The average molecular weight is 363 g/mol. The quantitative estimate of drug-likeness (QED) is 0.686. The Morgan fingerprint density at radius 2 is 1.76 bits per heavy atom. The maximum absolute atomic E-state index is 12.0. The molecule has 0 bridgehead atoms. The zero-order valence-electron chi connectivity index (χ0n) is 14.0. The van der Waals surface area contributed by atoms with E-state index in [2.05, 4.69) is 10.6 Å². The average Bonchev–Trinajstić information content (AvgIpc) is 2.56. The zero-order valence-corrected chi connectivity index (χ0v) is 14.0. The van der Waals surface area contributed by atoms with Crippen molar-refractivity contribution in [2.45, 2.75) is 25.7 Å². The van der Waals surface area contributed by atoms with Crippen LogP contribution in [0.2, 0.25) is 0 Å². The summed E-state index contributed by atoms with van der Waals surface area (Å²) in [6, 6.07) is 3.23. The first-order chi connectivity index (χ1) is 11.7. The number of alkyl halides is 3. The van der Waals surface area contributed by atoms with Gasteiger partial charge in [0.05, 0.1) is 14.2 Å². The summed E-state index contributed by atoms with van der Waals surface area (Å²) >= 11 is 0. The third kappa shape index (κ3) is 7.19. The zero-order chi connectivity index (χ0) is 19.0. The number of halogens is 3. The topological polar surface area (TPSA) is 88.7 Å². The monoisotopic (exact) mass is 363 g/mol. The van der Waals surface area contributed by atoms with Crippen LogP contribution in [0.5, 0.6) is 11.5 Å². The van der Waals surface area contributed by atoms with Gasteiger partial charge in [-0.15, -0.1) is 0 Å². The number of urea groups is 1. The van der Waals surface area contributed by atoms with Crippen molar-refractivity contribution in [2.75, 3.05) is 20.8 Å². The number of hydrogen-bond donors (Lipinski definition) is 3. The minimum absolute atomic E-state index is 0.128. The summed E-state index contributed by atoms with van der Waals surface area (Å²) in [5, 5.41) is 6.44. The number of amides is 3. The molecule has 1 atom stereocenters. The van der Waals surface area contributed by atoms with E-state index in [4.69, 9.17) is 9.47 Å². The third-order valence-corrected chi connectivity index (χ3v) is 3.10. The van der Waals surface area contributed by atoms with Crippen LogP contribution in [0.4, 0.5) is 18.0 Å². The summed E-state index contributed by atoms with van der Waals surface area (Å²) in [6.45, 7) is -0.0457. The number of hydrogen-bond acceptors (Lipinski definition) is 4. The number of benzene rings is 1. The Morgan fingerprint density at radius 1 is 1.12 bits per heavy atom. The number of ether oxygens (including phenoxy) is 2. The Hall–Kier alpha value is -2.65. The van der Waals surface area contributed by atoms with Crippen molar-refractivity contribution in [1.82, 2.24) is 16.0 Å². The molecule has 3 N–H and O–H groups in total. The molecule has 3 amide bonds. The van der Waals surface area contributed by atoms with Crippen LogP contribution in [0.1, 0.15) is 12.5 Å². The number of rotatable bonds is 7. The van der Waals surface area contributed by atoms with E-state index in [9.17, 15) is 22.8 Å². The van der Waals surface area contributed by atoms with Gasteiger partial charge >= 0.3 is 12.2 Å². The normalized spacial score (nSPS) is 12.1. The highest BCUT2D eigenvalue weighted by molar-refractivity contribution is 5.86. The highest BCUT2D eigenvalue weighted by Crippen LogP contribution is 2.27. The lowest BCUT2D eigenvalue weighted by Gasteiger charge is -2.16. The van der Waals surface area contributed by atoms with Crippen LogP contribution < -0.4 is 25.4 Å². The van der Waals surface area contributed by atoms with E-state index < -0.39 is 30.7 Å². The van der Waals surface area contributed by atoms with Gasteiger partial charge in [0, 0.05) is 6.54 Å². The van der Waals surface area contributed by atoms with Gasteiger partial charge < -0.3 is 25.4 Å². The van der Waals surface area contributed by atoms with Gasteiger partial charge in [-0.1, -0.05) is 6.07 Å². The van der Waals surface area contributed by atoms with Gasteiger partial charge in [-0.25, -0.2) is 4.79 Å². The largest absolute Gasteiger partial charge is 0.493 e. The molecule has 0 aromatic heterocycles. The van der Waals surface area contributed by atoms with E-state index in [0.717, 1.165) is 0 Å². The van der Waals surface area contributed by atoms with Crippen LogP contribution in [0.15, 0.2) is 18.2 Å². The Morgan fingerprint density at radius 3 is 2.32 bits per heavy atom. The SMILES string of the molecule is COc1ccc(CNC(=O)NC(C)C(=O)NCC(F)(F)F)cc1OC. The van der Waals surface area contributed by atoms with Crippen molar-refractivity contribution in [1.29, 1.82) is 0 Å². The van der Waals surface area contributed by atoms with Crippen LogP contribution >= 0.6 is 0 Å². The van der Waals surface area contributed by atoms with Crippen LogP contribution in [-0.4, -0.2) is 44.9 Å². The lowest BCUT2D eigenvalue weighted by molar-refractivity contribution is -0.139. The van der Waals surface area contributed by atoms with E-state index in [1.165, 1.54) is 21.1 Å². The molecule has 0 saturated carbocycles. The first-order valence-electron chi connectivity index (χ1n) is 7.26. The molecule has 1 unspecified atom stereocenters. The molecule has 0 aliphatic rings. The summed E-state index contributed by atoms with van der Waals surface area (Å²) in [5.74, 6) is 0.0892. The molecule has 0 radical (unpaired) electrons. The second-order valence-electron chi connectivity index (χ2n) is 5.07.